The van der Waals surface area contributed by atoms with Gasteiger partial charge in [0.2, 0.25) is 0 Å². The highest BCUT2D eigenvalue weighted by Gasteiger charge is 2.20. The molecule has 0 fully saturated rings. The van der Waals surface area contributed by atoms with Gasteiger partial charge in [0.25, 0.3) is 0 Å². The first-order valence-corrected chi connectivity index (χ1v) is 7.17. The van der Waals surface area contributed by atoms with Gasteiger partial charge in [-0.2, -0.15) is 0 Å². The van der Waals surface area contributed by atoms with Gasteiger partial charge in [-0.15, -0.1) is 0 Å². The molecule has 1 rings (SSSR count). The van der Waals surface area contributed by atoms with Gasteiger partial charge in [0.15, 0.2) is 0 Å². The van der Waals surface area contributed by atoms with Crippen LogP contribution >= 0.6 is 0 Å². The summed E-state index contributed by atoms with van der Waals surface area (Å²) < 4.78 is 0. The van der Waals surface area contributed by atoms with Crippen molar-refractivity contribution in [3.63, 3.8) is 0 Å². The first-order valence-electron chi connectivity index (χ1n) is 7.17. The van der Waals surface area contributed by atoms with E-state index in [0.717, 1.165) is 6.54 Å². The third kappa shape index (κ3) is 4.79. The van der Waals surface area contributed by atoms with Gasteiger partial charge >= 0.3 is 0 Å². The lowest BCUT2D eigenvalue weighted by Gasteiger charge is -2.26. The van der Waals surface area contributed by atoms with Crippen LogP contribution in [0.5, 0.6) is 0 Å². The summed E-state index contributed by atoms with van der Waals surface area (Å²) in [6.07, 6.45) is 1.17. The van der Waals surface area contributed by atoms with Gasteiger partial charge in [-0.05, 0) is 30.4 Å². The highest BCUT2D eigenvalue weighted by molar-refractivity contribution is 5.77. The van der Waals surface area contributed by atoms with Gasteiger partial charge < -0.3 is 5.32 Å². The van der Waals surface area contributed by atoms with E-state index in [4.69, 9.17) is 0 Å². The number of ketones is 1. The van der Waals surface area contributed by atoms with Gasteiger partial charge in [0.1, 0.15) is 5.78 Å². The molecule has 0 amide bonds. The predicted octanol–water partition coefficient (Wildman–Crippen LogP) is 3.66. The highest BCUT2D eigenvalue weighted by Crippen LogP contribution is 2.25. The zero-order valence-electron chi connectivity index (χ0n) is 12.9. The molecule has 2 nitrogen and oxygen atoms in total. The minimum atomic E-state index is 0.0451. The van der Waals surface area contributed by atoms with Crippen molar-refractivity contribution in [2.75, 3.05) is 13.1 Å². The first kappa shape index (κ1) is 15.9. The summed E-state index contributed by atoms with van der Waals surface area (Å²) in [5.74, 6) is 0.802. The van der Waals surface area contributed by atoms with Crippen LogP contribution in [0.3, 0.4) is 0 Å². The molecule has 1 aromatic rings. The Labute approximate surface area is 117 Å². The minimum absolute atomic E-state index is 0.0451. The van der Waals surface area contributed by atoms with Gasteiger partial charge in [0.05, 0.1) is 6.54 Å². The molecule has 106 valence electrons. The van der Waals surface area contributed by atoms with Crippen molar-refractivity contribution in [2.45, 2.75) is 52.4 Å². The molecule has 0 heterocycles. The quantitative estimate of drug-likeness (QED) is 0.811. The summed E-state index contributed by atoms with van der Waals surface area (Å²) in [5, 5.41) is 3.22. The Morgan fingerprint density at radius 1 is 1.26 bits per heavy atom. The normalized spacial score (nSPS) is 13.3. The lowest BCUT2D eigenvalue weighted by molar-refractivity contribution is -0.116. The van der Waals surface area contributed by atoms with Crippen LogP contribution in [0.4, 0.5) is 0 Å². The summed E-state index contributed by atoms with van der Waals surface area (Å²) >= 11 is 0. The molecular weight excluding hydrogens is 234 g/mol. The molecule has 0 aliphatic rings. The van der Waals surface area contributed by atoms with E-state index >= 15 is 0 Å². The molecule has 0 saturated carbocycles. The highest BCUT2D eigenvalue weighted by atomic mass is 16.1. The average Bonchev–Trinajstić information content (AvgIpc) is 2.37. The van der Waals surface area contributed by atoms with E-state index in [9.17, 15) is 4.79 Å². The monoisotopic (exact) mass is 261 g/mol. The third-order valence-corrected chi connectivity index (χ3v) is 3.81. The van der Waals surface area contributed by atoms with Crippen molar-refractivity contribution in [2.24, 2.45) is 0 Å². The Morgan fingerprint density at radius 2 is 1.84 bits per heavy atom. The van der Waals surface area contributed by atoms with E-state index < -0.39 is 0 Å². The second-order valence-electron chi connectivity index (χ2n) is 6.12. The summed E-state index contributed by atoms with van der Waals surface area (Å²) in [6.45, 7) is 11.8. The van der Waals surface area contributed by atoms with E-state index in [-0.39, 0.29) is 11.2 Å². The summed E-state index contributed by atoms with van der Waals surface area (Å²) in [6, 6.07) is 8.90. The number of hydrogen-bond acceptors (Lipinski definition) is 2. The van der Waals surface area contributed by atoms with Crippen molar-refractivity contribution < 1.29 is 4.79 Å². The Morgan fingerprint density at radius 3 is 2.32 bits per heavy atom. The molecule has 0 aliphatic heterocycles. The molecule has 1 unspecified atom stereocenters. The lowest BCUT2D eigenvalue weighted by atomic mass is 9.83. The number of carbonyl (C=O) groups excluding carboxylic acids is 1. The van der Waals surface area contributed by atoms with Crippen molar-refractivity contribution in [1.82, 2.24) is 5.32 Å². The zero-order valence-corrected chi connectivity index (χ0v) is 12.9. The molecular formula is C17H27NO. The lowest BCUT2D eigenvalue weighted by Crippen LogP contribution is -2.35. The minimum Gasteiger partial charge on any atom is -0.309 e. The molecule has 1 N–H and O–H groups in total. The molecule has 0 aromatic heterocycles. The van der Waals surface area contributed by atoms with Gasteiger partial charge in [-0.3, -0.25) is 4.79 Å². The topological polar surface area (TPSA) is 29.1 Å². The van der Waals surface area contributed by atoms with Crippen LogP contribution in [0.2, 0.25) is 0 Å². The maximum absolute atomic E-state index is 11.0. The van der Waals surface area contributed by atoms with Crippen LogP contribution in [-0.2, 0) is 10.2 Å². The second-order valence-corrected chi connectivity index (χ2v) is 6.12. The molecule has 1 aromatic carbocycles. The number of hydrogen-bond donors (Lipinski definition) is 1. The average molecular weight is 261 g/mol. The van der Waals surface area contributed by atoms with E-state index in [1.165, 1.54) is 17.5 Å². The van der Waals surface area contributed by atoms with Gasteiger partial charge in [-0.25, -0.2) is 0 Å². The van der Waals surface area contributed by atoms with Gasteiger partial charge in [0, 0.05) is 12.0 Å². The van der Waals surface area contributed by atoms with Crippen LogP contribution in [0.15, 0.2) is 24.3 Å². The molecule has 1 atom stereocenters. The molecule has 0 radical (unpaired) electrons. The van der Waals surface area contributed by atoms with Crippen LogP contribution in [0, 0.1) is 0 Å². The van der Waals surface area contributed by atoms with Crippen LogP contribution < -0.4 is 5.32 Å². The fourth-order valence-electron chi connectivity index (χ4n) is 2.15. The van der Waals surface area contributed by atoms with E-state index in [2.05, 4.69) is 57.3 Å². The molecule has 0 bridgehead atoms. The number of nitrogens with one attached hydrogen (secondary N) is 1. The fraction of sp³-hybridized carbons (Fsp3) is 0.588. The predicted molar refractivity (Wildman–Crippen MR) is 81.7 cm³/mol. The maximum Gasteiger partial charge on any atom is 0.143 e. The molecule has 2 heteroatoms. The largest absolute Gasteiger partial charge is 0.309 e. The standard InChI is InChI=1S/C17H27NO/c1-6-13(2)15-7-9-16(10-8-15)17(4,5)12-18-11-14(3)19/h7-10,13,18H,6,11-12H2,1-5H3. The number of Topliss-reactive ketones (excluding diaryl/α,β-unsaturated/α-hetero) is 1. The molecule has 19 heavy (non-hydrogen) atoms. The SMILES string of the molecule is CCC(C)c1ccc(C(C)(C)CNCC(C)=O)cc1. The zero-order chi connectivity index (χ0) is 14.5. The van der Waals surface area contributed by atoms with Crippen molar-refractivity contribution >= 4 is 5.78 Å². The summed E-state index contributed by atoms with van der Waals surface area (Å²) in [7, 11) is 0. The first-order chi connectivity index (χ1) is 8.86. The molecule has 0 aliphatic carbocycles. The van der Waals surface area contributed by atoms with E-state index in [0.29, 0.717) is 12.5 Å². The van der Waals surface area contributed by atoms with Crippen molar-refractivity contribution in [3.05, 3.63) is 35.4 Å². The Bertz CT molecular complexity index is 406. The number of rotatable bonds is 7. The second kappa shape index (κ2) is 6.85. The van der Waals surface area contributed by atoms with Crippen LogP contribution in [-0.4, -0.2) is 18.9 Å². The van der Waals surface area contributed by atoms with E-state index in [1.807, 2.05) is 0 Å². The number of carbonyl (C=O) groups is 1. The van der Waals surface area contributed by atoms with E-state index in [1.54, 1.807) is 6.92 Å². The summed E-state index contributed by atoms with van der Waals surface area (Å²) in [5.41, 5.74) is 2.76. The van der Waals surface area contributed by atoms with Crippen molar-refractivity contribution in [3.8, 4) is 0 Å². The third-order valence-electron chi connectivity index (χ3n) is 3.81. The van der Waals surface area contributed by atoms with Crippen LogP contribution in [0.1, 0.15) is 58.1 Å². The smallest absolute Gasteiger partial charge is 0.143 e. The Hall–Kier alpha value is -1.15. The number of benzene rings is 1. The van der Waals surface area contributed by atoms with Crippen molar-refractivity contribution in [1.29, 1.82) is 0 Å². The van der Waals surface area contributed by atoms with Gasteiger partial charge in [-0.1, -0.05) is 52.0 Å². The molecule has 0 saturated heterocycles. The Kier molecular flexibility index (Phi) is 5.74. The maximum atomic E-state index is 11.0. The Balaban J connectivity index is 2.70. The summed E-state index contributed by atoms with van der Waals surface area (Å²) in [4.78, 5) is 11.0. The fourth-order valence-corrected chi connectivity index (χ4v) is 2.15. The van der Waals surface area contributed by atoms with Crippen LogP contribution in [0.25, 0.3) is 0 Å². The molecule has 0 spiro atoms.